The minimum absolute atomic E-state index is 0.0924. The zero-order valence-electron chi connectivity index (χ0n) is 15.7. The molecule has 0 fully saturated rings. The van der Waals surface area contributed by atoms with Crippen LogP contribution in [0.25, 0.3) is 0 Å². The van der Waals surface area contributed by atoms with Crippen molar-refractivity contribution in [2.75, 3.05) is 6.54 Å². The molecule has 0 unspecified atom stereocenters. The number of hydrogen-bond donors (Lipinski definition) is 1. The Morgan fingerprint density at radius 2 is 1.52 bits per heavy atom. The average molecular weight is 346 g/mol. The Morgan fingerprint density at radius 1 is 1.04 bits per heavy atom. The molecule has 25 heavy (non-hydrogen) atoms. The van der Waals surface area contributed by atoms with Crippen molar-refractivity contribution in [2.24, 2.45) is 5.41 Å². The Balaban J connectivity index is 2.18. The summed E-state index contributed by atoms with van der Waals surface area (Å²) in [6.45, 7) is 11.2. The summed E-state index contributed by atoms with van der Waals surface area (Å²) in [6, 6.07) is 6.30. The van der Waals surface area contributed by atoms with Gasteiger partial charge in [-0.05, 0) is 38.3 Å². The third-order valence-electron chi connectivity index (χ3n) is 3.98. The van der Waals surface area contributed by atoms with E-state index in [9.17, 15) is 14.4 Å². The van der Waals surface area contributed by atoms with E-state index in [4.69, 9.17) is 4.74 Å². The van der Waals surface area contributed by atoms with E-state index in [0.29, 0.717) is 11.1 Å². The van der Waals surface area contributed by atoms with Crippen molar-refractivity contribution in [3.8, 4) is 0 Å². The van der Waals surface area contributed by atoms with Gasteiger partial charge in [0.1, 0.15) is 5.60 Å². The summed E-state index contributed by atoms with van der Waals surface area (Å²) in [4.78, 5) is 38.4. The van der Waals surface area contributed by atoms with Crippen LogP contribution in [0, 0.1) is 5.41 Å². The van der Waals surface area contributed by atoms with E-state index < -0.39 is 17.7 Å². The molecule has 1 heterocycles. The number of benzene rings is 1. The topological polar surface area (TPSA) is 75.7 Å². The summed E-state index contributed by atoms with van der Waals surface area (Å²) < 4.78 is 5.30. The molecule has 0 spiro atoms. The van der Waals surface area contributed by atoms with E-state index in [1.807, 2.05) is 20.8 Å². The van der Waals surface area contributed by atoms with Crippen LogP contribution in [0.15, 0.2) is 24.3 Å². The summed E-state index contributed by atoms with van der Waals surface area (Å²) in [5, 5.41) is 2.80. The first-order valence-corrected chi connectivity index (χ1v) is 8.35. The summed E-state index contributed by atoms with van der Waals surface area (Å²) in [7, 11) is 0. The third-order valence-corrected chi connectivity index (χ3v) is 3.98. The number of alkyl carbamates (subject to hydrolysis) is 1. The molecular weight excluding hydrogens is 320 g/mol. The van der Waals surface area contributed by atoms with Crippen molar-refractivity contribution in [1.29, 1.82) is 0 Å². The number of carbonyl (C=O) groups excluding carboxylic acids is 3. The van der Waals surface area contributed by atoms with E-state index in [-0.39, 0.29) is 23.8 Å². The molecule has 2 rings (SSSR count). The van der Waals surface area contributed by atoms with Gasteiger partial charge in [0.15, 0.2) is 0 Å². The Hall–Kier alpha value is -2.37. The van der Waals surface area contributed by atoms with Gasteiger partial charge in [0.05, 0.1) is 23.7 Å². The fourth-order valence-electron chi connectivity index (χ4n) is 2.57. The van der Waals surface area contributed by atoms with Crippen LogP contribution >= 0.6 is 0 Å². The number of carbonyl (C=O) groups is 3. The Kier molecular flexibility index (Phi) is 4.93. The highest BCUT2D eigenvalue weighted by Gasteiger charge is 2.39. The van der Waals surface area contributed by atoms with Crippen molar-refractivity contribution in [1.82, 2.24) is 10.2 Å². The van der Waals surface area contributed by atoms with Gasteiger partial charge in [-0.15, -0.1) is 0 Å². The van der Waals surface area contributed by atoms with Gasteiger partial charge >= 0.3 is 6.09 Å². The van der Waals surface area contributed by atoms with Gasteiger partial charge in [0.2, 0.25) is 0 Å². The molecule has 1 aliphatic rings. The van der Waals surface area contributed by atoms with Crippen molar-refractivity contribution in [3.63, 3.8) is 0 Å². The van der Waals surface area contributed by atoms with Crippen LogP contribution < -0.4 is 5.32 Å². The highest BCUT2D eigenvalue weighted by molar-refractivity contribution is 6.21. The monoisotopic (exact) mass is 346 g/mol. The molecule has 0 saturated carbocycles. The van der Waals surface area contributed by atoms with E-state index in [1.54, 1.807) is 45.0 Å². The van der Waals surface area contributed by atoms with E-state index in [0.717, 1.165) is 0 Å². The van der Waals surface area contributed by atoms with E-state index in [2.05, 4.69) is 5.32 Å². The number of amides is 3. The summed E-state index contributed by atoms with van der Waals surface area (Å²) in [5.41, 5.74) is -0.191. The van der Waals surface area contributed by atoms with Crippen molar-refractivity contribution in [2.45, 2.75) is 53.2 Å². The molecule has 3 amide bonds. The molecule has 1 aliphatic heterocycles. The van der Waals surface area contributed by atoms with Gasteiger partial charge in [-0.25, -0.2) is 4.79 Å². The smallest absolute Gasteiger partial charge is 0.407 e. The van der Waals surface area contributed by atoms with E-state index >= 15 is 0 Å². The van der Waals surface area contributed by atoms with Crippen LogP contribution in [-0.4, -0.2) is 41.0 Å². The molecule has 1 atom stereocenters. The van der Waals surface area contributed by atoms with E-state index in [1.165, 1.54) is 4.90 Å². The molecule has 0 aliphatic carbocycles. The predicted molar refractivity (Wildman–Crippen MR) is 94.4 cm³/mol. The lowest BCUT2D eigenvalue weighted by Crippen LogP contribution is -2.52. The summed E-state index contributed by atoms with van der Waals surface area (Å²) in [5.74, 6) is -0.665. The Morgan fingerprint density at radius 3 is 1.92 bits per heavy atom. The Labute approximate surface area is 148 Å². The van der Waals surface area contributed by atoms with Crippen molar-refractivity contribution in [3.05, 3.63) is 35.4 Å². The van der Waals surface area contributed by atoms with Crippen LogP contribution in [0.2, 0.25) is 0 Å². The molecule has 0 saturated heterocycles. The Bertz CT molecular complexity index is 663. The lowest BCUT2D eigenvalue weighted by atomic mass is 9.86. The number of ether oxygens (including phenoxy) is 1. The first kappa shape index (κ1) is 19.0. The lowest BCUT2D eigenvalue weighted by molar-refractivity contribution is 0.0410. The number of nitrogens with zero attached hydrogens (tertiary/aromatic N) is 1. The SMILES string of the molecule is CC(C)(C)OC(=O)N[C@H](CN1C(=O)c2ccccc2C1=O)C(C)(C)C. The molecule has 0 radical (unpaired) electrons. The number of nitrogens with one attached hydrogen (secondary N) is 1. The van der Waals surface area contributed by atoms with Crippen LogP contribution in [0.3, 0.4) is 0 Å². The quantitative estimate of drug-likeness (QED) is 0.853. The maximum atomic E-state index is 12.5. The maximum Gasteiger partial charge on any atom is 0.407 e. The second-order valence-electron chi connectivity index (χ2n) is 8.33. The largest absolute Gasteiger partial charge is 0.444 e. The van der Waals surface area contributed by atoms with Gasteiger partial charge in [-0.2, -0.15) is 0 Å². The molecule has 1 aromatic carbocycles. The second kappa shape index (κ2) is 6.50. The van der Waals surface area contributed by atoms with Crippen molar-refractivity contribution < 1.29 is 19.1 Å². The highest BCUT2D eigenvalue weighted by atomic mass is 16.6. The van der Waals surface area contributed by atoms with Crippen LogP contribution in [0.1, 0.15) is 62.3 Å². The number of hydrogen-bond acceptors (Lipinski definition) is 4. The molecule has 0 aromatic heterocycles. The molecule has 6 heteroatoms. The maximum absolute atomic E-state index is 12.5. The third kappa shape index (κ3) is 4.38. The van der Waals surface area contributed by atoms with Gasteiger partial charge in [0, 0.05) is 0 Å². The van der Waals surface area contributed by atoms with Gasteiger partial charge in [-0.3, -0.25) is 14.5 Å². The minimum atomic E-state index is -0.623. The molecule has 0 bridgehead atoms. The molecular formula is C19H26N2O4. The van der Waals surface area contributed by atoms with Gasteiger partial charge < -0.3 is 10.1 Å². The summed E-state index contributed by atoms with van der Waals surface area (Å²) in [6.07, 6.45) is -0.566. The minimum Gasteiger partial charge on any atom is -0.444 e. The normalized spacial score (nSPS) is 15.8. The first-order chi connectivity index (χ1) is 11.4. The fourth-order valence-corrected chi connectivity index (χ4v) is 2.57. The molecule has 1 N–H and O–H groups in total. The van der Waals surface area contributed by atoms with Gasteiger partial charge in [0.25, 0.3) is 11.8 Å². The predicted octanol–water partition coefficient (Wildman–Crippen LogP) is 3.22. The van der Waals surface area contributed by atoms with Crippen LogP contribution in [0.5, 0.6) is 0 Å². The average Bonchev–Trinajstić information content (AvgIpc) is 2.69. The number of fused-ring (bicyclic) bond motifs is 1. The zero-order valence-corrected chi connectivity index (χ0v) is 15.7. The standard InChI is InChI=1S/C19H26N2O4/c1-18(2,3)14(20-17(24)25-19(4,5)6)11-21-15(22)12-9-7-8-10-13(12)16(21)23/h7-10,14H,11H2,1-6H3,(H,20,24)/t14-/m1/s1. The molecule has 136 valence electrons. The molecule has 1 aromatic rings. The van der Waals surface area contributed by atoms with Gasteiger partial charge in [-0.1, -0.05) is 32.9 Å². The second-order valence-corrected chi connectivity index (χ2v) is 8.33. The van der Waals surface area contributed by atoms with Crippen molar-refractivity contribution >= 4 is 17.9 Å². The lowest BCUT2D eigenvalue weighted by Gasteiger charge is -2.34. The first-order valence-electron chi connectivity index (χ1n) is 8.35. The molecule has 6 nitrogen and oxygen atoms in total. The highest BCUT2D eigenvalue weighted by Crippen LogP contribution is 2.26. The number of rotatable bonds is 3. The van der Waals surface area contributed by atoms with Crippen LogP contribution in [-0.2, 0) is 4.74 Å². The summed E-state index contributed by atoms with van der Waals surface area (Å²) >= 11 is 0. The fraction of sp³-hybridized carbons (Fsp3) is 0.526. The zero-order chi connectivity index (χ0) is 19.0. The number of imide groups is 1. The van der Waals surface area contributed by atoms with Crippen LogP contribution in [0.4, 0.5) is 4.79 Å².